The molecule has 4 aromatic rings. The molecule has 3 aromatic heterocycles. The number of halogens is 1. The Balaban J connectivity index is 1.32. The molecule has 1 saturated carbocycles. The maximum atomic E-state index is 14.3. The molecule has 6 rings (SSSR count). The molecule has 0 unspecified atom stereocenters. The fourth-order valence-electron chi connectivity index (χ4n) is 7.01. The second-order valence-corrected chi connectivity index (χ2v) is 16.1. The number of pyridine rings is 1. The lowest BCUT2D eigenvalue weighted by Gasteiger charge is -2.27. The van der Waals surface area contributed by atoms with Crippen LogP contribution >= 0.6 is 15.9 Å². The minimum atomic E-state index is -3.57. The molecular weight excluding hydrogens is 722 g/mol. The van der Waals surface area contributed by atoms with E-state index in [1.54, 1.807) is 49.5 Å². The minimum absolute atomic E-state index is 0.0315. The predicted molar refractivity (Wildman–Crippen MR) is 194 cm³/mol. The number of hydrogen-bond donors (Lipinski definition) is 0. The molecule has 1 aliphatic heterocycles. The van der Waals surface area contributed by atoms with Crippen molar-refractivity contribution in [3.63, 3.8) is 0 Å². The van der Waals surface area contributed by atoms with E-state index < -0.39 is 21.5 Å². The Morgan fingerprint density at radius 2 is 1.84 bits per heavy atom. The lowest BCUT2D eigenvalue weighted by atomic mass is 9.94. The van der Waals surface area contributed by atoms with Crippen molar-refractivity contribution in [2.24, 2.45) is 5.41 Å². The standard InChI is InChI=1S/C36H38BrN7O5S/c1-6-8-13-50(48,49)42(5)21-36-16-30(31(46)15-28-24(7-2)10-12-33(37)40-28)44(32(36)17-36)34(47)20-43-29-11-9-25(26-18-38-23(4)39-19-26)14-27(29)35(41-43)22(3)45/h6-7,9-12,14,18-19,30,32H,1-2,8,13,15-17,20-21H2,3-5H3/t30-,32+,36-/m0/s1. The largest absolute Gasteiger partial charge is 0.327 e. The first-order valence-electron chi connectivity index (χ1n) is 16.2. The highest BCUT2D eigenvalue weighted by molar-refractivity contribution is 9.10. The number of rotatable bonds is 14. The summed E-state index contributed by atoms with van der Waals surface area (Å²) in [5.74, 6) is -0.226. The molecule has 1 aromatic carbocycles. The number of nitrogens with zero attached hydrogens (tertiary/aromatic N) is 7. The topological polar surface area (TPSA) is 148 Å². The number of benzene rings is 1. The summed E-state index contributed by atoms with van der Waals surface area (Å²) in [5, 5.41) is 5.15. The maximum absolute atomic E-state index is 14.3. The molecule has 260 valence electrons. The van der Waals surface area contributed by atoms with Gasteiger partial charge in [-0.25, -0.2) is 27.7 Å². The SMILES string of the molecule is C=CCCS(=O)(=O)N(C)C[C@@]12C[C@@H](C(=O)Cc3nc(Br)ccc3C=C)N(C(=O)Cn3nc(C(C)=O)c4cc(-c5cnc(C)nc5)ccc43)[C@@H]1C2. The van der Waals surface area contributed by atoms with Crippen LogP contribution in [-0.4, -0.2) is 91.3 Å². The molecule has 3 atom stereocenters. The lowest BCUT2D eigenvalue weighted by Crippen LogP contribution is -2.45. The number of hydrogen-bond acceptors (Lipinski definition) is 9. The Hall–Kier alpha value is -4.40. The number of allylic oxidation sites excluding steroid dienone is 1. The highest BCUT2D eigenvalue weighted by Crippen LogP contribution is 2.60. The average molecular weight is 761 g/mol. The molecule has 2 fully saturated rings. The first-order chi connectivity index (χ1) is 23.8. The van der Waals surface area contributed by atoms with Crippen LogP contribution in [0.4, 0.5) is 0 Å². The molecule has 1 saturated heterocycles. The van der Waals surface area contributed by atoms with Crippen molar-refractivity contribution >= 4 is 60.4 Å². The van der Waals surface area contributed by atoms with Gasteiger partial charge >= 0.3 is 0 Å². The van der Waals surface area contributed by atoms with Gasteiger partial charge in [0.05, 0.1) is 29.4 Å². The van der Waals surface area contributed by atoms with Crippen molar-refractivity contribution < 1.29 is 22.8 Å². The third kappa shape index (κ3) is 6.83. The van der Waals surface area contributed by atoms with Crippen LogP contribution in [0.25, 0.3) is 28.1 Å². The van der Waals surface area contributed by atoms with Crippen molar-refractivity contribution in [3.05, 3.63) is 89.3 Å². The Morgan fingerprint density at radius 3 is 2.52 bits per heavy atom. The first kappa shape index (κ1) is 35.4. The molecule has 0 bridgehead atoms. The molecule has 2 aliphatic rings. The number of fused-ring (bicyclic) bond motifs is 2. The van der Waals surface area contributed by atoms with Gasteiger partial charge in [0.2, 0.25) is 15.9 Å². The highest BCUT2D eigenvalue weighted by Gasteiger charge is 2.67. The molecule has 4 heterocycles. The second-order valence-electron chi connectivity index (χ2n) is 13.1. The zero-order chi connectivity index (χ0) is 36.0. The average Bonchev–Trinajstić information content (AvgIpc) is 3.48. The molecule has 0 N–H and O–H groups in total. The molecule has 12 nitrogen and oxygen atoms in total. The van der Waals surface area contributed by atoms with E-state index in [4.69, 9.17) is 0 Å². The zero-order valence-electron chi connectivity index (χ0n) is 28.2. The smallest absolute Gasteiger partial charge is 0.245 e. The highest BCUT2D eigenvalue weighted by atomic mass is 79.9. The van der Waals surface area contributed by atoms with Gasteiger partial charge in [0, 0.05) is 55.3 Å². The summed E-state index contributed by atoms with van der Waals surface area (Å²) >= 11 is 3.38. The van der Waals surface area contributed by atoms with Crippen molar-refractivity contribution in [1.82, 2.24) is 33.9 Å². The summed E-state index contributed by atoms with van der Waals surface area (Å²) in [5.41, 5.74) is 3.06. The van der Waals surface area contributed by atoms with Gasteiger partial charge in [0.1, 0.15) is 22.7 Å². The summed E-state index contributed by atoms with van der Waals surface area (Å²) in [6.07, 6.45) is 7.79. The lowest BCUT2D eigenvalue weighted by molar-refractivity contribution is -0.139. The van der Waals surface area contributed by atoms with Crippen LogP contribution in [0.3, 0.4) is 0 Å². The van der Waals surface area contributed by atoms with Gasteiger partial charge in [0.15, 0.2) is 11.6 Å². The van der Waals surface area contributed by atoms with E-state index in [1.165, 1.54) is 15.9 Å². The molecular formula is C36H38BrN7O5S. The van der Waals surface area contributed by atoms with Crippen molar-refractivity contribution in [2.45, 2.75) is 58.2 Å². The third-order valence-corrected chi connectivity index (χ3v) is 12.0. The van der Waals surface area contributed by atoms with E-state index in [-0.39, 0.29) is 54.5 Å². The van der Waals surface area contributed by atoms with Crippen molar-refractivity contribution in [2.75, 3.05) is 19.3 Å². The van der Waals surface area contributed by atoms with Gasteiger partial charge in [0.25, 0.3) is 0 Å². The van der Waals surface area contributed by atoms with E-state index >= 15 is 0 Å². The van der Waals surface area contributed by atoms with E-state index in [0.29, 0.717) is 51.9 Å². The van der Waals surface area contributed by atoms with E-state index in [0.717, 1.165) is 11.1 Å². The van der Waals surface area contributed by atoms with Crippen molar-refractivity contribution in [1.29, 1.82) is 0 Å². The van der Waals surface area contributed by atoms with Gasteiger partial charge in [-0.1, -0.05) is 30.9 Å². The van der Waals surface area contributed by atoms with Crippen LogP contribution < -0.4 is 0 Å². The predicted octanol–water partition coefficient (Wildman–Crippen LogP) is 4.81. The van der Waals surface area contributed by atoms with Crippen molar-refractivity contribution in [3.8, 4) is 11.1 Å². The number of aromatic nitrogens is 5. The molecule has 1 amide bonds. The van der Waals surface area contributed by atoms with Crippen LogP contribution in [0.15, 0.2) is 66.6 Å². The number of carbonyl (C=O) groups excluding carboxylic acids is 3. The Bertz CT molecular complexity index is 2150. The molecule has 0 radical (unpaired) electrons. The number of sulfonamides is 1. The Kier molecular flexibility index (Phi) is 9.72. The number of carbonyl (C=O) groups is 3. The quantitative estimate of drug-likeness (QED) is 0.100. The normalized spacial score (nSPS) is 19.8. The van der Waals surface area contributed by atoms with Gasteiger partial charge in [-0.3, -0.25) is 19.1 Å². The number of Topliss-reactive ketones (excluding diaryl/α,β-unsaturated/α-hetero) is 2. The number of aryl methyl sites for hydroxylation is 1. The molecule has 14 heteroatoms. The van der Waals surface area contributed by atoms with Gasteiger partial charge in [-0.2, -0.15) is 5.10 Å². The van der Waals surface area contributed by atoms with Crippen LogP contribution in [-0.2, 0) is 32.6 Å². The Labute approximate surface area is 299 Å². The second kappa shape index (κ2) is 13.7. The molecule has 0 spiro atoms. The van der Waals surface area contributed by atoms with E-state index in [1.807, 2.05) is 24.3 Å². The number of ketones is 2. The summed E-state index contributed by atoms with van der Waals surface area (Å²) < 4.78 is 29.5. The number of amides is 1. The number of likely N-dealkylation sites (tertiary alicyclic amines) is 1. The van der Waals surface area contributed by atoms with Crippen LogP contribution in [0, 0.1) is 12.3 Å². The third-order valence-electron chi connectivity index (χ3n) is 9.69. The number of piperidine rings is 1. The van der Waals surface area contributed by atoms with E-state index in [9.17, 15) is 22.8 Å². The van der Waals surface area contributed by atoms with Crippen LogP contribution in [0.1, 0.15) is 53.8 Å². The van der Waals surface area contributed by atoms with Gasteiger partial charge < -0.3 is 4.90 Å². The van der Waals surface area contributed by atoms with Gasteiger partial charge in [-0.15, -0.1) is 6.58 Å². The van der Waals surface area contributed by atoms with E-state index in [2.05, 4.69) is 49.1 Å². The zero-order valence-corrected chi connectivity index (χ0v) is 30.6. The minimum Gasteiger partial charge on any atom is -0.327 e. The molecule has 1 aliphatic carbocycles. The summed E-state index contributed by atoms with van der Waals surface area (Å²) in [4.78, 5) is 55.8. The maximum Gasteiger partial charge on any atom is 0.245 e. The summed E-state index contributed by atoms with van der Waals surface area (Å²) in [6.45, 7) is 10.7. The summed E-state index contributed by atoms with van der Waals surface area (Å²) in [6, 6.07) is 7.96. The fraction of sp³-hybridized carbons (Fsp3) is 0.361. The Morgan fingerprint density at radius 1 is 1.10 bits per heavy atom. The van der Waals surface area contributed by atoms with Crippen LogP contribution in [0.2, 0.25) is 0 Å². The van der Waals surface area contributed by atoms with Crippen LogP contribution in [0.5, 0.6) is 0 Å². The summed E-state index contributed by atoms with van der Waals surface area (Å²) in [7, 11) is -2.03. The van der Waals surface area contributed by atoms with Gasteiger partial charge in [-0.05, 0) is 71.4 Å². The molecule has 50 heavy (non-hydrogen) atoms. The first-order valence-corrected chi connectivity index (χ1v) is 18.6. The fourth-order valence-corrected chi connectivity index (χ4v) is 8.58. The monoisotopic (exact) mass is 759 g/mol.